The maximum absolute atomic E-state index is 11.9. The molecule has 1 N–H and O–H groups in total. The van der Waals surface area contributed by atoms with E-state index in [1.54, 1.807) is 11.8 Å². The van der Waals surface area contributed by atoms with Crippen molar-refractivity contribution in [3.05, 3.63) is 11.7 Å². The van der Waals surface area contributed by atoms with Crippen LogP contribution in [0.4, 0.5) is 0 Å². The van der Waals surface area contributed by atoms with E-state index in [4.69, 9.17) is 4.52 Å². The van der Waals surface area contributed by atoms with Crippen molar-refractivity contribution >= 4 is 17.7 Å². The molecule has 0 aromatic carbocycles. The fraction of sp³-hybridized carbons (Fsp3) is 0.812. The number of thioether (sulfide) groups is 1. The monoisotopic (exact) mass is 336 g/mol. The van der Waals surface area contributed by atoms with Gasteiger partial charge in [-0.25, -0.2) is 0 Å². The zero-order valence-corrected chi connectivity index (χ0v) is 14.3. The third-order valence-corrected chi connectivity index (χ3v) is 5.63. The van der Waals surface area contributed by atoms with Crippen LogP contribution in [0.15, 0.2) is 4.52 Å². The van der Waals surface area contributed by atoms with Crippen molar-refractivity contribution in [2.24, 2.45) is 11.8 Å². The zero-order chi connectivity index (χ0) is 15.8. The molecule has 2 saturated carbocycles. The molecule has 3 fully saturated rings. The van der Waals surface area contributed by atoms with Crippen LogP contribution in [0, 0.1) is 11.8 Å². The van der Waals surface area contributed by atoms with Gasteiger partial charge in [0, 0.05) is 25.0 Å². The minimum atomic E-state index is 0.156. The van der Waals surface area contributed by atoms with Crippen LogP contribution in [0.3, 0.4) is 0 Å². The number of aromatic nitrogens is 2. The van der Waals surface area contributed by atoms with Gasteiger partial charge in [0.15, 0.2) is 5.82 Å². The molecule has 1 amide bonds. The lowest BCUT2D eigenvalue weighted by atomic mass is 9.98. The van der Waals surface area contributed by atoms with Gasteiger partial charge in [-0.3, -0.25) is 9.69 Å². The lowest BCUT2D eigenvalue weighted by Gasteiger charge is -2.19. The molecule has 2 heterocycles. The summed E-state index contributed by atoms with van der Waals surface area (Å²) >= 11 is 1.57. The van der Waals surface area contributed by atoms with Crippen molar-refractivity contribution in [3.8, 4) is 0 Å². The van der Waals surface area contributed by atoms with Crippen LogP contribution in [0.5, 0.6) is 0 Å². The minimum absolute atomic E-state index is 0.156. The Labute approximate surface area is 140 Å². The van der Waals surface area contributed by atoms with Crippen LogP contribution in [-0.4, -0.2) is 52.1 Å². The van der Waals surface area contributed by atoms with Crippen LogP contribution in [0.2, 0.25) is 0 Å². The van der Waals surface area contributed by atoms with Gasteiger partial charge in [-0.15, -0.1) is 0 Å². The smallest absolute Gasteiger partial charge is 0.240 e. The Kier molecular flexibility index (Phi) is 4.32. The average molecular weight is 336 g/mol. The number of hydrogen-bond donors (Lipinski definition) is 1. The van der Waals surface area contributed by atoms with E-state index in [-0.39, 0.29) is 11.9 Å². The highest BCUT2D eigenvalue weighted by Crippen LogP contribution is 2.42. The Morgan fingerprint density at radius 2 is 2.17 bits per heavy atom. The van der Waals surface area contributed by atoms with E-state index < -0.39 is 0 Å². The number of carbonyl (C=O) groups is 1. The summed E-state index contributed by atoms with van der Waals surface area (Å²) in [5, 5.41) is 7.33. The van der Waals surface area contributed by atoms with Gasteiger partial charge in [0.05, 0.1) is 12.3 Å². The van der Waals surface area contributed by atoms with Crippen molar-refractivity contribution in [2.45, 2.75) is 44.2 Å². The highest BCUT2D eigenvalue weighted by Gasteiger charge is 2.43. The van der Waals surface area contributed by atoms with Crippen LogP contribution in [-0.2, 0) is 11.3 Å². The molecule has 0 spiro atoms. The third kappa shape index (κ3) is 3.71. The second-order valence-corrected chi connectivity index (χ2v) is 7.99. The highest BCUT2D eigenvalue weighted by molar-refractivity contribution is 7.99. The van der Waals surface area contributed by atoms with Crippen LogP contribution >= 0.6 is 11.8 Å². The average Bonchev–Trinajstić information content (AvgIpc) is 3.45. The van der Waals surface area contributed by atoms with Gasteiger partial charge in [-0.05, 0) is 43.8 Å². The van der Waals surface area contributed by atoms with E-state index in [1.807, 2.05) is 6.26 Å². The van der Waals surface area contributed by atoms with Crippen molar-refractivity contribution in [1.29, 1.82) is 0 Å². The van der Waals surface area contributed by atoms with E-state index in [0.29, 0.717) is 24.1 Å². The maximum Gasteiger partial charge on any atom is 0.240 e. The molecule has 0 unspecified atom stereocenters. The number of likely N-dealkylation sites (tertiary alicyclic amines) is 1. The lowest BCUT2D eigenvalue weighted by Crippen LogP contribution is -2.42. The van der Waals surface area contributed by atoms with Gasteiger partial charge in [0.25, 0.3) is 0 Å². The first-order valence-corrected chi connectivity index (χ1v) is 9.95. The topological polar surface area (TPSA) is 71.3 Å². The van der Waals surface area contributed by atoms with Gasteiger partial charge in [-0.1, -0.05) is 5.16 Å². The SMILES string of the molecule is CSCC(=O)N[C@@H]1CN(Cc2nc(C3CC3)no2)C[C@H]1C1CC1. The van der Waals surface area contributed by atoms with Gasteiger partial charge in [0.2, 0.25) is 11.8 Å². The fourth-order valence-corrected chi connectivity index (χ4v) is 3.95. The largest absolute Gasteiger partial charge is 0.351 e. The number of hydrogen-bond acceptors (Lipinski definition) is 6. The number of nitrogens with zero attached hydrogens (tertiary/aromatic N) is 3. The molecule has 1 aliphatic heterocycles. The molecular weight excluding hydrogens is 312 g/mol. The second kappa shape index (κ2) is 6.43. The standard InChI is InChI=1S/C16H24N4O2S/c1-23-9-14(21)17-13-7-20(6-12(13)10-2-3-10)8-15-18-16(19-22-15)11-4-5-11/h10-13H,2-9H2,1H3,(H,17,21)/t12-,13+/m0/s1. The molecule has 1 aromatic rings. The second-order valence-electron chi connectivity index (χ2n) is 7.12. The fourth-order valence-electron chi connectivity index (χ4n) is 3.61. The van der Waals surface area contributed by atoms with Gasteiger partial charge >= 0.3 is 0 Å². The minimum Gasteiger partial charge on any atom is -0.351 e. The Balaban J connectivity index is 1.36. The van der Waals surface area contributed by atoms with E-state index >= 15 is 0 Å². The molecule has 3 aliphatic rings. The van der Waals surface area contributed by atoms with Crippen LogP contribution in [0.25, 0.3) is 0 Å². The number of nitrogens with one attached hydrogen (secondary N) is 1. The molecule has 2 atom stereocenters. The highest BCUT2D eigenvalue weighted by atomic mass is 32.2. The molecule has 4 rings (SSSR count). The molecule has 1 saturated heterocycles. The Morgan fingerprint density at radius 3 is 2.87 bits per heavy atom. The first-order valence-electron chi connectivity index (χ1n) is 8.56. The van der Waals surface area contributed by atoms with Gasteiger partial charge < -0.3 is 9.84 Å². The molecule has 0 radical (unpaired) electrons. The van der Waals surface area contributed by atoms with E-state index in [0.717, 1.165) is 30.7 Å². The summed E-state index contributed by atoms with van der Waals surface area (Å²) in [5.74, 6) is 4.19. The predicted molar refractivity (Wildman–Crippen MR) is 88.1 cm³/mol. The van der Waals surface area contributed by atoms with Crippen molar-refractivity contribution in [3.63, 3.8) is 0 Å². The van der Waals surface area contributed by atoms with Gasteiger partial charge in [0.1, 0.15) is 0 Å². The first kappa shape index (κ1) is 15.4. The zero-order valence-electron chi connectivity index (χ0n) is 13.5. The Hall–Kier alpha value is -1.08. The van der Waals surface area contributed by atoms with E-state index in [2.05, 4.69) is 20.4 Å². The summed E-state index contributed by atoms with van der Waals surface area (Å²) in [6.45, 7) is 2.62. The molecule has 23 heavy (non-hydrogen) atoms. The van der Waals surface area contributed by atoms with Crippen LogP contribution < -0.4 is 5.32 Å². The Morgan fingerprint density at radius 1 is 1.35 bits per heavy atom. The van der Waals surface area contributed by atoms with Crippen molar-refractivity contribution in [1.82, 2.24) is 20.4 Å². The molecule has 7 heteroatoms. The summed E-state index contributed by atoms with van der Waals surface area (Å²) in [5.41, 5.74) is 0. The maximum atomic E-state index is 11.9. The number of amides is 1. The molecule has 0 bridgehead atoms. The van der Waals surface area contributed by atoms with Crippen molar-refractivity contribution in [2.75, 3.05) is 25.1 Å². The quantitative estimate of drug-likeness (QED) is 0.816. The summed E-state index contributed by atoms with van der Waals surface area (Å²) in [7, 11) is 0. The van der Waals surface area contributed by atoms with E-state index in [1.165, 1.54) is 25.7 Å². The summed E-state index contributed by atoms with van der Waals surface area (Å²) < 4.78 is 5.40. The number of rotatable bonds is 7. The summed E-state index contributed by atoms with van der Waals surface area (Å²) in [4.78, 5) is 18.8. The molecule has 126 valence electrons. The molecule has 6 nitrogen and oxygen atoms in total. The molecule has 1 aromatic heterocycles. The normalized spacial score (nSPS) is 28.2. The first-order chi connectivity index (χ1) is 11.2. The predicted octanol–water partition coefficient (Wildman–Crippen LogP) is 1.64. The summed E-state index contributed by atoms with van der Waals surface area (Å²) in [6.07, 6.45) is 6.96. The third-order valence-electron chi connectivity index (χ3n) is 5.08. The molecular formula is C16H24N4O2S. The lowest BCUT2D eigenvalue weighted by molar-refractivity contribution is -0.119. The Bertz CT molecular complexity index is 570. The number of carbonyl (C=O) groups excluding carboxylic acids is 1. The van der Waals surface area contributed by atoms with Crippen LogP contribution in [0.1, 0.15) is 43.3 Å². The van der Waals surface area contributed by atoms with Crippen molar-refractivity contribution < 1.29 is 9.32 Å². The summed E-state index contributed by atoms with van der Waals surface area (Å²) in [6, 6.07) is 0.271. The van der Waals surface area contributed by atoms with Gasteiger partial charge in [-0.2, -0.15) is 16.7 Å². The van der Waals surface area contributed by atoms with E-state index in [9.17, 15) is 4.79 Å². The molecule has 2 aliphatic carbocycles.